The molecule has 0 aliphatic heterocycles. The lowest BCUT2D eigenvalue weighted by molar-refractivity contribution is -0.132. The van der Waals surface area contributed by atoms with Crippen molar-refractivity contribution in [1.82, 2.24) is 0 Å². The highest BCUT2D eigenvalue weighted by Crippen LogP contribution is 2.41. The van der Waals surface area contributed by atoms with Crippen molar-refractivity contribution < 1.29 is 18.3 Å². The van der Waals surface area contributed by atoms with Crippen molar-refractivity contribution in [3.63, 3.8) is 0 Å². The number of allylic oxidation sites excluding steroid dienone is 2. The molecule has 1 aromatic carbocycles. The fourth-order valence-electron chi connectivity index (χ4n) is 2.37. The van der Waals surface area contributed by atoms with Gasteiger partial charge < -0.3 is 5.11 Å². The van der Waals surface area contributed by atoms with E-state index in [0.717, 1.165) is 11.8 Å². The molecule has 0 heterocycles. The summed E-state index contributed by atoms with van der Waals surface area (Å²) in [5.74, 6) is -1.08. The third-order valence-electron chi connectivity index (χ3n) is 3.73. The first kappa shape index (κ1) is 14.5. The van der Waals surface area contributed by atoms with Gasteiger partial charge in [0.1, 0.15) is 0 Å². The van der Waals surface area contributed by atoms with Crippen LogP contribution in [0.4, 0.5) is 0 Å². The van der Waals surface area contributed by atoms with Gasteiger partial charge in [0.05, 0.1) is 4.75 Å². The summed E-state index contributed by atoms with van der Waals surface area (Å²) < 4.78 is 23.2. The predicted octanol–water partition coefficient (Wildman–Crippen LogP) is 2.29. The number of aliphatic carboxylic acids is 1. The maximum absolute atomic E-state index is 12.2. The van der Waals surface area contributed by atoms with E-state index in [1.165, 1.54) is 6.08 Å². The smallest absolute Gasteiger partial charge is 0.331 e. The number of carboxylic acid groups (broad SMARTS) is 1. The molecule has 1 N–H and O–H groups in total. The fourth-order valence-corrected chi connectivity index (χ4v) is 3.38. The zero-order valence-electron chi connectivity index (χ0n) is 11.3. The van der Waals surface area contributed by atoms with Gasteiger partial charge >= 0.3 is 5.97 Å². The molecule has 1 aromatic rings. The number of hydrogen-bond acceptors (Lipinski definition) is 3. The van der Waals surface area contributed by atoms with E-state index in [1.54, 1.807) is 13.0 Å². The summed E-state index contributed by atoms with van der Waals surface area (Å²) >= 11 is 0. The van der Waals surface area contributed by atoms with Crippen LogP contribution < -0.4 is 0 Å². The summed E-state index contributed by atoms with van der Waals surface area (Å²) in [5, 5.41) is 9.10. The average Bonchev–Trinajstić information content (AvgIpc) is 2.38. The fraction of sp³-hybridized carbons (Fsp3) is 0.267. The average molecular weight is 292 g/mol. The number of carboxylic acids is 1. The lowest BCUT2D eigenvalue weighted by Crippen LogP contribution is -2.38. The van der Waals surface area contributed by atoms with Crippen LogP contribution in [-0.2, 0) is 14.6 Å². The lowest BCUT2D eigenvalue weighted by Gasteiger charge is -2.33. The first-order valence-electron chi connectivity index (χ1n) is 6.15. The highest BCUT2D eigenvalue weighted by Gasteiger charge is 2.43. The van der Waals surface area contributed by atoms with E-state index in [-0.39, 0.29) is 12.0 Å². The van der Waals surface area contributed by atoms with Gasteiger partial charge in [-0.2, -0.15) is 0 Å². The van der Waals surface area contributed by atoms with Crippen LogP contribution in [0.25, 0.3) is 5.57 Å². The molecular formula is C15H16O4S. The Labute approximate surface area is 118 Å². The van der Waals surface area contributed by atoms with E-state index in [0.29, 0.717) is 5.57 Å². The first-order chi connectivity index (χ1) is 9.25. The van der Waals surface area contributed by atoms with Crippen molar-refractivity contribution in [2.45, 2.75) is 18.1 Å². The second kappa shape index (κ2) is 4.90. The molecule has 0 spiro atoms. The Bertz CT molecular complexity index is 699. The van der Waals surface area contributed by atoms with Crippen molar-refractivity contribution in [1.29, 1.82) is 0 Å². The molecule has 0 aromatic heterocycles. The Morgan fingerprint density at radius 2 is 1.80 bits per heavy atom. The zero-order valence-corrected chi connectivity index (χ0v) is 12.1. The van der Waals surface area contributed by atoms with Gasteiger partial charge in [-0.1, -0.05) is 42.5 Å². The summed E-state index contributed by atoms with van der Waals surface area (Å²) in [6, 6.07) is 9.16. The molecule has 0 saturated heterocycles. The van der Waals surface area contributed by atoms with Crippen LogP contribution >= 0.6 is 0 Å². The molecule has 5 heteroatoms. The number of rotatable bonds is 3. The molecule has 20 heavy (non-hydrogen) atoms. The minimum atomic E-state index is -3.46. The minimum absolute atomic E-state index is 0.0259. The molecule has 4 nitrogen and oxygen atoms in total. The van der Waals surface area contributed by atoms with Gasteiger partial charge in [0.15, 0.2) is 9.84 Å². The topological polar surface area (TPSA) is 71.4 Å². The van der Waals surface area contributed by atoms with E-state index in [1.807, 2.05) is 30.3 Å². The van der Waals surface area contributed by atoms with Crippen molar-refractivity contribution in [3.05, 3.63) is 53.6 Å². The van der Waals surface area contributed by atoms with Crippen molar-refractivity contribution in [3.8, 4) is 0 Å². The summed E-state index contributed by atoms with van der Waals surface area (Å²) in [7, 11) is -3.46. The maximum Gasteiger partial charge on any atom is 0.331 e. The third-order valence-corrected chi connectivity index (χ3v) is 5.73. The van der Waals surface area contributed by atoms with Gasteiger partial charge in [0.2, 0.25) is 0 Å². The van der Waals surface area contributed by atoms with E-state index in [9.17, 15) is 13.2 Å². The first-order valence-corrected chi connectivity index (χ1v) is 8.04. The van der Waals surface area contributed by atoms with Crippen molar-refractivity contribution in [2.75, 3.05) is 6.26 Å². The quantitative estimate of drug-likeness (QED) is 0.927. The van der Waals surface area contributed by atoms with Gasteiger partial charge in [0, 0.05) is 18.2 Å². The summed E-state index contributed by atoms with van der Waals surface area (Å²) in [6.45, 7) is 1.58. The summed E-state index contributed by atoms with van der Waals surface area (Å²) in [6.07, 6.45) is 4.21. The van der Waals surface area contributed by atoms with Crippen LogP contribution in [0.3, 0.4) is 0 Å². The highest BCUT2D eigenvalue weighted by atomic mass is 32.2. The van der Waals surface area contributed by atoms with Gasteiger partial charge in [-0.15, -0.1) is 0 Å². The maximum atomic E-state index is 12.2. The van der Waals surface area contributed by atoms with Gasteiger partial charge in [-0.05, 0) is 18.1 Å². The predicted molar refractivity (Wildman–Crippen MR) is 78.0 cm³/mol. The minimum Gasteiger partial charge on any atom is -0.478 e. The Morgan fingerprint density at radius 1 is 1.20 bits per heavy atom. The normalized spacial score (nSPS) is 22.9. The molecule has 0 bridgehead atoms. The molecule has 106 valence electrons. The van der Waals surface area contributed by atoms with Crippen LogP contribution in [-0.4, -0.2) is 30.5 Å². The molecule has 1 atom stereocenters. The van der Waals surface area contributed by atoms with E-state index >= 15 is 0 Å². The largest absolute Gasteiger partial charge is 0.478 e. The van der Waals surface area contributed by atoms with E-state index in [4.69, 9.17) is 5.11 Å². The summed E-state index contributed by atoms with van der Waals surface area (Å²) in [5.41, 5.74) is 1.53. The molecule has 0 saturated carbocycles. The molecule has 1 aliphatic rings. The standard InChI is InChI=1S/C15H16O4S/c1-15(20(2,18)19)10-12(14(16)17)8-9-13(15)11-6-4-3-5-7-11/h3-9H,10H2,1-2H3,(H,16,17). The number of carbonyl (C=O) groups is 1. The van der Waals surface area contributed by atoms with Gasteiger partial charge in [-0.3, -0.25) is 0 Å². The molecule has 1 aliphatic carbocycles. The van der Waals surface area contributed by atoms with Crippen LogP contribution in [0.15, 0.2) is 48.1 Å². The van der Waals surface area contributed by atoms with Crippen molar-refractivity contribution in [2.24, 2.45) is 0 Å². The van der Waals surface area contributed by atoms with E-state index in [2.05, 4.69) is 0 Å². The van der Waals surface area contributed by atoms with Crippen LogP contribution in [0.2, 0.25) is 0 Å². The molecule has 0 amide bonds. The van der Waals surface area contributed by atoms with Gasteiger partial charge in [-0.25, -0.2) is 13.2 Å². The molecule has 1 unspecified atom stereocenters. The third kappa shape index (κ3) is 2.41. The monoisotopic (exact) mass is 292 g/mol. The number of benzene rings is 1. The summed E-state index contributed by atoms with van der Waals surface area (Å²) in [4.78, 5) is 11.1. The Hall–Kier alpha value is -1.88. The Balaban J connectivity index is 2.64. The SMILES string of the molecule is CC1(S(C)(=O)=O)CC(C(=O)O)=CC=C1c1ccccc1. The molecule has 0 fully saturated rings. The second-order valence-electron chi connectivity index (χ2n) is 5.12. The lowest BCUT2D eigenvalue weighted by atomic mass is 9.83. The van der Waals surface area contributed by atoms with Gasteiger partial charge in [0.25, 0.3) is 0 Å². The van der Waals surface area contributed by atoms with Crippen LogP contribution in [0.5, 0.6) is 0 Å². The Morgan fingerprint density at radius 3 is 2.30 bits per heavy atom. The molecule has 0 radical (unpaired) electrons. The zero-order chi connectivity index (χ0) is 15.0. The number of sulfone groups is 1. The van der Waals surface area contributed by atoms with Crippen LogP contribution in [0, 0.1) is 0 Å². The molecular weight excluding hydrogens is 276 g/mol. The second-order valence-corrected chi connectivity index (χ2v) is 7.57. The van der Waals surface area contributed by atoms with Crippen molar-refractivity contribution >= 4 is 21.4 Å². The number of hydrogen-bond donors (Lipinski definition) is 1. The molecule has 2 rings (SSSR count). The Kier molecular flexibility index (Phi) is 3.56. The van der Waals surface area contributed by atoms with E-state index < -0.39 is 20.6 Å². The van der Waals surface area contributed by atoms with Crippen LogP contribution in [0.1, 0.15) is 18.9 Å². The highest BCUT2D eigenvalue weighted by molar-refractivity contribution is 7.92.